The minimum Gasteiger partial charge on any atom is -0.497 e. The fraction of sp³-hybridized carbons (Fsp3) is 0.190. The second-order valence-electron chi connectivity index (χ2n) is 5.97. The van der Waals surface area contributed by atoms with Gasteiger partial charge in [0.25, 0.3) is 0 Å². The zero-order chi connectivity index (χ0) is 19.9. The topological polar surface area (TPSA) is 73.3 Å². The molecule has 144 valence electrons. The summed E-state index contributed by atoms with van der Waals surface area (Å²) in [7, 11) is 3.13. The summed E-state index contributed by atoms with van der Waals surface area (Å²) in [5, 5.41) is 12.0. The largest absolute Gasteiger partial charge is 0.497 e. The number of nitrogens with zero attached hydrogens (tertiary/aromatic N) is 2. The van der Waals surface area contributed by atoms with Gasteiger partial charge in [-0.25, -0.2) is 0 Å². The highest BCUT2D eigenvalue weighted by Gasteiger charge is 2.11. The maximum absolute atomic E-state index is 12.3. The van der Waals surface area contributed by atoms with E-state index in [9.17, 15) is 4.79 Å². The number of hydrogen-bond acceptors (Lipinski definition) is 6. The molecule has 3 aromatic rings. The lowest BCUT2D eigenvalue weighted by Crippen LogP contribution is -2.15. The number of anilines is 1. The van der Waals surface area contributed by atoms with Crippen molar-refractivity contribution in [3.8, 4) is 22.8 Å². The second kappa shape index (κ2) is 9.23. The molecule has 7 heteroatoms. The van der Waals surface area contributed by atoms with E-state index in [-0.39, 0.29) is 11.7 Å². The van der Waals surface area contributed by atoms with Gasteiger partial charge in [0, 0.05) is 11.6 Å². The molecule has 0 aliphatic rings. The van der Waals surface area contributed by atoms with E-state index in [2.05, 4.69) is 15.5 Å². The Balaban J connectivity index is 1.61. The molecule has 0 aliphatic carbocycles. The van der Waals surface area contributed by atoms with E-state index in [4.69, 9.17) is 9.47 Å². The van der Waals surface area contributed by atoms with Crippen LogP contribution < -0.4 is 14.8 Å². The first kappa shape index (κ1) is 19.7. The van der Waals surface area contributed by atoms with Gasteiger partial charge in [0.15, 0.2) is 0 Å². The van der Waals surface area contributed by atoms with E-state index in [0.29, 0.717) is 22.2 Å². The predicted molar refractivity (Wildman–Crippen MR) is 111 cm³/mol. The van der Waals surface area contributed by atoms with Crippen molar-refractivity contribution in [3.63, 3.8) is 0 Å². The standard InChI is InChI=1S/C21H21N3O3S/c1-14-6-4-5-7-16(14)17-9-11-21(24-23-17)28-13-20(25)22-18-12-15(26-2)8-10-19(18)27-3/h4-12H,13H2,1-3H3,(H,22,25). The van der Waals surface area contributed by atoms with Gasteiger partial charge in [-0.05, 0) is 36.8 Å². The number of nitrogens with one attached hydrogen (secondary N) is 1. The van der Waals surface area contributed by atoms with E-state index in [1.807, 2.05) is 43.3 Å². The molecule has 0 atom stereocenters. The van der Waals surface area contributed by atoms with Gasteiger partial charge in [0.1, 0.15) is 16.5 Å². The van der Waals surface area contributed by atoms with Crippen molar-refractivity contribution >= 4 is 23.4 Å². The molecule has 28 heavy (non-hydrogen) atoms. The summed E-state index contributed by atoms with van der Waals surface area (Å²) < 4.78 is 10.5. The maximum Gasteiger partial charge on any atom is 0.234 e. The molecule has 6 nitrogen and oxygen atoms in total. The van der Waals surface area contributed by atoms with Crippen molar-refractivity contribution in [1.29, 1.82) is 0 Å². The Labute approximate surface area is 168 Å². The number of aromatic nitrogens is 2. The molecule has 2 aromatic carbocycles. The van der Waals surface area contributed by atoms with Crippen molar-refractivity contribution in [3.05, 3.63) is 60.2 Å². The highest BCUT2D eigenvalue weighted by molar-refractivity contribution is 7.99. The van der Waals surface area contributed by atoms with Crippen molar-refractivity contribution in [2.75, 3.05) is 25.3 Å². The quantitative estimate of drug-likeness (QED) is 0.605. The van der Waals surface area contributed by atoms with Crippen LogP contribution >= 0.6 is 11.8 Å². The minimum absolute atomic E-state index is 0.165. The normalized spacial score (nSPS) is 10.4. The lowest BCUT2D eigenvalue weighted by Gasteiger charge is -2.11. The maximum atomic E-state index is 12.3. The molecule has 0 unspecified atom stereocenters. The molecule has 0 saturated carbocycles. The van der Waals surface area contributed by atoms with E-state index in [1.165, 1.54) is 11.8 Å². The summed E-state index contributed by atoms with van der Waals surface area (Å²) >= 11 is 1.32. The summed E-state index contributed by atoms with van der Waals surface area (Å²) in [4.78, 5) is 12.3. The Morgan fingerprint density at radius 2 is 1.86 bits per heavy atom. The summed E-state index contributed by atoms with van der Waals surface area (Å²) in [6.07, 6.45) is 0. The minimum atomic E-state index is -0.165. The monoisotopic (exact) mass is 395 g/mol. The Hall–Kier alpha value is -3.06. The van der Waals surface area contributed by atoms with Crippen molar-refractivity contribution in [2.45, 2.75) is 11.9 Å². The third-order valence-electron chi connectivity index (χ3n) is 4.09. The molecule has 0 radical (unpaired) electrons. The summed E-state index contributed by atoms with van der Waals surface area (Å²) in [6, 6.07) is 17.1. The second-order valence-corrected chi connectivity index (χ2v) is 6.97. The lowest BCUT2D eigenvalue weighted by atomic mass is 10.1. The average molecular weight is 395 g/mol. The third-order valence-corrected chi connectivity index (χ3v) is 5.01. The van der Waals surface area contributed by atoms with Crippen molar-refractivity contribution in [1.82, 2.24) is 10.2 Å². The number of amides is 1. The Morgan fingerprint density at radius 3 is 2.54 bits per heavy atom. The summed E-state index contributed by atoms with van der Waals surface area (Å²) in [5.74, 6) is 1.25. The smallest absolute Gasteiger partial charge is 0.234 e. The molecule has 1 N–H and O–H groups in total. The van der Waals surface area contributed by atoms with Crippen LogP contribution in [0, 0.1) is 6.92 Å². The summed E-state index contributed by atoms with van der Waals surface area (Å²) in [6.45, 7) is 2.04. The lowest BCUT2D eigenvalue weighted by molar-refractivity contribution is -0.113. The van der Waals surface area contributed by atoms with Gasteiger partial charge in [-0.2, -0.15) is 0 Å². The van der Waals surface area contributed by atoms with Crippen LogP contribution in [0.15, 0.2) is 59.6 Å². The number of thioether (sulfide) groups is 1. The van der Waals surface area contributed by atoms with Gasteiger partial charge in [0.05, 0.1) is 31.4 Å². The van der Waals surface area contributed by atoms with Crippen LogP contribution in [0.2, 0.25) is 0 Å². The summed E-state index contributed by atoms with van der Waals surface area (Å²) in [5.41, 5.74) is 3.57. The number of methoxy groups -OCH3 is 2. The van der Waals surface area contributed by atoms with Gasteiger partial charge in [0.2, 0.25) is 5.91 Å². The Bertz CT molecular complexity index is 961. The highest BCUT2D eigenvalue weighted by atomic mass is 32.2. The first-order chi connectivity index (χ1) is 13.6. The number of rotatable bonds is 7. The third kappa shape index (κ3) is 4.80. The van der Waals surface area contributed by atoms with Gasteiger partial charge in [-0.3, -0.25) is 4.79 Å². The molecule has 0 fully saturated rings. The fourth-order valence-electron chi connectivity index (χ4n) is 2.64. The number of hydrogen-bond donors (Lipinski definition) is 1. The van der Waals surface area contributed by atoms with E-state index in [1.54, 1.807) is 32.4 Å². The van der Waals surface area contributed by atoms with Crippen LogP contribution in [-0.4, -0.2) is 36.1 Å². The SMILES string of the molecule is COc1ccc(OC)c(NC(=O)CSc2ccc(-c3ccccc3C)nn2)c1. The molecule has 1 aromatic heterocycles. The Kier molecular flexibility index (Phi) is 6.49. The van der Waals surface area contributed by atoms with Crippen LogP contribution in [-0.2, 0) is 4.79 Å². The van der Waals surface area contributed by atoms with Gasteiger partial charge in [-0.1, -0.05) is 36.0 Å². The van der Waals surface area contributed by atoms with E-state index in [0.717, 1.165) is 16.8 Å². The highest BCUT2D eigenvalue weighted by Crippen LogP contribution is 2.29. The zero-order valence-corrected chi connectivity index (χ0v) is 16.7. The number of ether oxygens (including phenoxy) is 2. The van der Waals surface area contributed by atoms with E-state index >= 15 is 0 Å². The number of benzene rings is 2. The molecular formula is C21H21N3O3S. The average Bonchev–Trinajstić information content (AvgIpc) is 2.73. The number of aryl methyl sites for hydroxylation is 1. The van der Waals surface area contributed by atoms with Gasteiger partial charge >= 0.3 is 0 Å². The molecule has 3 rings (SSSR count). The Morgan fingerprint density at radius 1 is 1.04 bits per heavy atom. The molecule has 1 amide bonds. The predicted octanol–water partition coefficient (Wildman–Crippen LogP) is 4.20. The molecular weight excluding hydrogens is 374 g/mol. The van der Waals surface area contributed by atoms with Crippen LogP contribution in [0.25, 0.3) is 11.3 Å². The zero-order valence-electron chi connectivity index (χ0n) is 15.9. The van der Waals surface area contributed by atoms with Crippen LogP contribution in [0.3, 0.4) is 0 Å². The number of carbonyl (C=O) groups is 1. The van der Waals surface area contributed by atoms with Crippen LogP contribution in [0.1, 0.15) is 5.56 Å². The van der Waals surface area contributed by atoms with Crippen LogP contribution in [0.5, 0.6) is 11.5 Å². The number of carbonyl (C=O) groups excluding carboxylic acids is 1. The first-order valence-corrected chi connectivity index (χ1v) is 9.63. The molecule has 0 aliphatic heterocycles. The van der Waals surface area contributed by atoms with Gasteiger partial charge in [-0.15, -0.1) is 10.2 Å². The van der Waals surface area contributed by atoms with Crippen molar-refractivity contribution < 1.29 is 14.3 Å². The van der Waals surface area contributed by atoms with E-state index < -0.39 is 0 Å². The first-order valence-electron chi connectivity index (χ1n) is 8.65. The molecule has 1 heterocycles. The van der Waals surface area contributed by atoms with Crippen LogP contribution in [0.4, 0.5) is 5.69 Å². The molecule has 0 spiro atoms. The molecule has 0 saturated heterocycles. The fourth-order valence-corrected chi connectivity index (χ4v) is 3.25. The van der Waals surface area contributed by atoms with Crippen molar-refractivity contribution in [2.24, 2.45) is 0 Å². The van der Waals surface area contributed by atoms with Gasteiger partial charge < -0.3 is 14.8 Å². The molecule has 0 bridgehead atoms.